The van der Waals surface area contributed by atoms with Gasteiger partial charge in [-0.2, -0.15) is 0 Å². The Balaban J connectivity index is 2.83. The topological polar surface area (TPSA) is 26.0 Å². The maximum Gasteiger partial charge on any atom is 0.0468 e. The lowest BCUT2D eigenvalue weighted by molar-refractivity contribution is 0.415. The first kappa shape index (κ1) is 13.8. The van der Waals surface area contributed by atoms with Gasteiger partial charge >= 0.3 is 0 Å². The molecular weight excluding hydrogens is 241 g/mol. The summed E-state index contributed by atoms with van der Waals surface area (Å²) in [6, 6.07) is 5.47. The molecule has 0 aliphatic carbocycles. The number of halogens is 2. The largest absolute Gasteiger partial charge is 0.324 e. The van der Waals surface area contributed by atoms with Gasteiger partial charge in [-0.3, -0.25) is 0 Å². The van der Waals surface area contributed by atoms with Crippen molar-refractivity contribution in [2.75, 3.05) is 0 Å². The molecule has 1 unspecified atom stereocenters. The molecule has 1 rings (SSSR count). The lowest BCUT2D eigenvalue weighted by Crippen LogP contribution is -2.15. The molecule has 0 aliphatic heterocycles. The van der Waals surface area contributed by atoms with Gasteiger partial charge in [0.25, 0.3) is 0 Å². The fourth-order valence-electron chi connectivity index (χ4n) is 1.96. The van der Waals surface area contributed by atoms with E-state index < -0.39 is 0 Å². The van der Waals surface area contributed by atoms with E-state index in [2.05, 4.69) is 13.8 Å². The van der Waals surface area contributed by atoms with E-state index in [0.29, 0.717) is 16.0 Å². The Kier molecular flexibility index (Phi) is 5.60. The van der Waals surface area contributed by atoms with Gasteiger partial charge in [0.1, 0.15) is 0 Å². The first-order chi connectivity index (χ1) is 7.60. The summed E-state index contributed by atoms with van der Waals surface area (Å²) in [6.45, 7) is 4.38. The van der Waals surface area contributed by atoms with E-state index in [1.807, 2.05) is 18.2 Å². The molecule has 0 aliphatic rings. The summed E-state index contributed by atoms with van der Waals surface area (Å²) in [4.78, 5) is 0. The van der Waals surface area contributed by atoms with Crippen molar-refractivity contribution < 1.29 is 0 Å². The maximum atomic E-state index is 6.18. The van der Waals surface area contributed by atoms with Crippen LogP contribution in [0, 0.1) is 5.92 Å². The average Bonchev–Trinajstić information content (AvgIpc) is 2.25. The van der Waals surface area contributed by atoms with Crippen molar-refractivity contribution in [3.05, 3.63) is 33.8 Å². The van der Waals surface area contributed by atoms with Crippen LogP contribution < -0.4 is 5.73 Å². The zero-order valence-electron chi connectivity index (χ0n) is 9.84. The molecule has 0 aromatic heterocycles. The Bertz CT molecular complexity index is 314. The van der Waals surface area contributed by atoms with Gasteiger partial charge in [-0.1, -0.05) is 56.0 Å². The van der Waals surface area contributed by atoms with Crippen LogP contribution in [0.1, 0.15) is 44.7 Å². The summed E-state index contributed by atoms with van der Waals surface area (Å²) in [7, 11) is 0. The molecule has 1 atom stereocenters. The fourth-order valence-corrected chi connectivity index (χ4v) is 2.64. The van der Waals surface area contributed by atoms with Crippen molar-refractivity contribution >= 4 is 23.2 Å². The van der Waals surface area contributed by atoms with Gasteiger partial charge in [0.2, 0.25) is 0 Å². The van der Waals surface area contributed by atoms with Gasteiger partial charge in [-0.15, -0.1) is 0 Å². The summed E-state index contributed by atoms with van der Waals surface area (Å²) < 4.78 is 0. The number of nitrogens with two attached hydrogens (primary N) is 1. The molecule has 1 aromatic carbocycles. The molecule has 0 saturated carbocycles. The summed E-state index contributed by atoms with van der Waals surface area (Å²) in [5.74, 6) is 0.641. The van der Waals surface area contributed by atoms with E-state index >= 15 is 0 Å². The smallest absolute Gasteiger partial charge is 0.0468 e. The predicted octanol–water partition coefficient (Wildman–Crippen LogP) is 4.82. The van der Waals surface area contributed by atoms with Gasteiger partial charge in [0.15, 0.2) is 0 Å². The van der Waals surface area contributed by atoms with Crippen molar-refractivity contribution in [3.63, 3.8) is 0 Å². The molecule has 2 N–H and O–H groups in total. The Morgan fingerprint density at radius 3 is 2.06 bits per heavy atom. The third kappa shape index (κ3) is 3.38. The molecule has 0 spiro atoms. The SMILES string of the molecule is CCC(CC)CC(N)c1c(Cl)cccc1Cl. The zero-order chi connectivity index (χ0) is 12.1. The summed E-state index contributed by atoms with van der Waals surface area (Å²) >= 11 is 12.3. The van der Waals surface area contributed by atoms with E-state index in [0.717, 1.165) is 24.8 Å². The quantitative estimate of drug-likeness (QED) is 0.807. The van der Waals surface area contributed by atoms with Gasteiger partial charge in [-0.25, -0.2) is 0 Å². The first-order valence-electron chi connectivity index (χ1n) is 5.79. The van der Waals surface area contributed by atoms with E-state index in [-0.39, 0.29) is 6.04 Å². The van der Waals surface area contributed by atoms with E-state index in [9.17, 15) is 0 Å². The maximum absolute atomic E-state index is 6.18. The number of hydrogen-bond acceptors (Lipinski definition) is 1. The van der Waals surface area contributed by atoms with Gasteiger partial charge < -0.3 is 5.73 Å². The molecule has 90 valence electrons. The molecule has 3 heteroatoms. The molecule has 16 heavy (non-hydrogen) atoms. The Hall–Kier alpha value is -0.240. The zero-order valence-corrected chi connectivity index (χ0v) is 11.4. The van der Waals surface area contributed by atoms with Gasteiger partial charge in [0, 0.05) is 21.7 Å². The van der Waals surface area contributed by atoms with E-state index in [1.165, 1.54) is 0 Å². The van der Waals surface area contributed by atoms with E-state index in [1.54, 1.807) is 0 Å². The number of hydrogen-bond donors (Lipinski definition) is 1. The Labute approximate surface area is 108 Å². The normalized spacial score (nSPS) is 13.1. The standard InChI is InChI=1S/C13H19Cl2N/c1-3-9(4-2)8-12(16)13-10(14)6-5-7-11(13)15/h5-7,9,12H,3-4,8,16H2,1-2H3. The van der Waals surface area contributed by atoms with Crippen LogP contribution in [0.25, 0.3) is 0 Å². The molecule has 0 amide bonds. The Morgan fingerprint density at radius 2 is 1.62 bits per heavy atom. The minimum atomic E-state index is -0.0638. The Morgan fingerprint density at radius 1 is 1.12 bits per heavy atom. The minimum Gasteiger partial charge on any atom is -0.324 e. The highest BCUT2D eigenvalue weighted by Gasteiger charge is 2.17. The molecule has 1 nitrogen and oxygen atoms in total. The average molecular weight is 260 g/mol. The highest BCUT2D eigenvalue weighted by atomic mass is 35.5. The predicted molar refractivity (Wildman–Crippen MR) is 72.1 cm³/mol. The summed E-state index contributed by atoms with van der Waals surface area (Å²) in [5.41, 5.74) is 7.07. The lowest BCUT2D eigenvalue weighted by atomic mass is 9.91. The fraction of sp³-hybridized carbons (Fsp3) is 0.538. The minimum absolute atomic E-state index is 0.0638. The van der Waals surface area contributed by atoms with Crippen LogP contribution in [0.2, 0.25) is 10.0 Å². The molecule has 0 heterocycles. The van der Waals surface area contributed by atoms with Crippen molar-refractivity contribution in [2.24, 2.45) is 11.7 Å². The van der Waals surface area contributed by atoms with Crippen molar-refractivity contribution in [1.29, 1.82) is 0 Å². The highest BCUT2D eigenvalue weighted by Crippen LogP contribution is 2.33. The molecule has 1 aromatic rings. The lowest BCUT2D eigenvalue weighted by Gasteiger charge is -2.20. The van der Waals surface area contributed by atoms with Crippen molar-refractivity contribution in [2.45, 2.75) is 39.2 Å². The van der Waals surface area contributed by atoms with Crippen LogP contribution >= 0.6 is 23.2 Å². The van der Waals surface area contributed by atoms with Gasteiger partial charge in [0.05, 0.1) is 0 Å². The molecule has 0 radical (unpaired) electrons. The van der Waals surface area contributed by atoms with Crippen LogP contribution in [-0.2, 0) is 0 Å². The molecular formula is C13H19Cl2N. The van der Waals surface area contributed by atoms with Crippen molar-refractivity contribution in [3.8, 4) is 0 Å². The number of rotatable bonds is 5. The van der Waals surface area contributed by atoms with Crippen LogP contribution in [0.5, 0.6) is 0 Å². The molecule has 0 bridgehead atoms. The second-order valence-corrected chi connectivity index (χ2v) is 4.97. The number of benzene rings is 1. The van der Waals surface area contributed by atoms with E-state index in [4.69, 9.17) is 28.9 Å². The molecule has 0 fully saturated rings. The summed E-state index contributed by atoms with van der Waals surface area (Å²) in [6.07, 6.45) is 3.23. The first-order valence-corrected chi connectivity index (χ1v) is 6.55. The van der Waals surface area contributed by atoms with Gasteiger partial charge in [-0.05, 0) is 24.5 Å². The third-order valence-electron chi connectivity index (χ3n) is 3.11. The van der Waals surface area contributed by atoms with Crippen LogP contribution in [0.4, 0.5) is 0 Å². The van der Waals surface area contributed by atoms with Crippen LogP contribution in [0.3, 0.4) is 0 Å². The van der Waals surface area contributed by atoms with Crippen LogP contribution in [-0.4, -0.2) is 0 Å². The highest BCUT2D eigenvalue weighted by molar-refractivity contribution is 6.36. The monoisotopic (exact) mass is 259 g/mol. The summed E-state index contributed by atoms with van der Waals surface area (Å²) in [5, 5.41) is 1.34. The molecule has 0 saturated heterocycles. The second kappa shape index (κ2) is 6.48. The third-order valence-corrected chi connectivity index (χ3v) is 3.77. The van der Waals surface area contributed by atoms with Crippen LogP contribution in [0.15, 0.2) is 18.2 Å². The van der Waals surface area contributed by atoms with Crippen molar-refractivity contribution in [1.82, 2.24) is 0 Å². The second-order valence-electron chi connectivity index (χ2n) is 4.16.